The summed E-state index contributed by atoms with van der Waals surface area (Å²) in [7, 11) is 0. The molecule has 1 aromatic heterocycles. The van der Waals surface area contributed by atoms with Gasteiger partial charge in [0, 0.05) is 42.1 Å². The normalized spacial score (nSPS) is 50.2. The third kappa shape index (κ3) is 2.81. The van der Waals surface area contributed by atoms with E-state index in [0.29, 0.717) is 12.8 Å². The van der Waals surface area contributed by atoms with Gasteiger partial charge in [-0.1, -0.05) is 34.6 Å². The van der Waals surface area contributed by atoms with Crippen LogP contribution < -0.4 is 0 Å². The molecule has 0 radical (unpaired) electrons. The smallest absolute Gasteiger partial charge is 0.302 e. The molecule has 8 heteroatoms. The van der Waals surface area contributed by atoms with Gasteiger partial charge >= 0.3 is 11.9 Å². The minimum absolute atomic E-state index is 0.0561. The van der Waals surface area contributed by atoms with Crippen LogP contribution in [0.1, 0.15) is 85.6 Å². The lowest BCUT2D eigenvalue weighted by molar-refractivity contribution is -0.288. The minimum atomic E-state index is -0.822. The van der Waals surface area contributed by atoms with Crippen LogP contribution in [0.3, 0.4) is 0 Å². The number of hydrogen-bond acceptors (Lipinski definition) is 8. The van der Waals surface area contributed by atoms with Gasteiger partial charge in [-0.15, -0.1) is 0 Å². The first-order valence-electron chi connectivity index (χ1n) is 13.9. The number of fused-ring (bicyclic) bond motifs is 3. The highest BCUT2D eigenvalue weighted by Gasteiger charge is 2.90. The highest BCUT2D eigenvalue weighted by molar-refractivity contribution is 5.98. The van der Waals surface area contributed by atoms with Crippen molar-refractivity contribution in [1.82, 2.24) is 0 Å². The van der Waals surface area contributed by atoms with Crippen LogP contribution in [0.2, 0.25) is 0 Å². The first-order valence-corrected chi connectivity index (χ1v) is 13.9. The summed E-state index contributed by atoms with van der Waals surface area (Å²) in [6.45, 7) is 13.4. The average molecular weight is 529 g/mol. The Labute approximate surface area is 223 Å². The molecule has 0 aromatic carbocycles. The fraction of sp³-hybridized carbons (Fsp3) is 0.767. The Bertz CT molecular complexity index is 1190. The van der Waals surface area contributed by atoms with Crippen molar-refractivity contribution in [3.63, 3.8) is 0 Å². The Morgan fingerprint density at radius 1 is 1.00 bits per heavy atom. The number of rotatable bonds is 3. The second-order valence-corrected chi connectivity index (χ2v) is 13.8. The second-order valence-electron chi connectivity index (χ2n) is 13.8. The van der Waals surface area contributed by atoms with E-state index < -0.39 is 51.7 Å². The van der Waals surface area contributed by atoms with Crippen molar-refractivity contribution in [3.05, 3.63) is 24.2 Å². The third-order valence-corrected chi connectivity index (χ3v) is 12.1. The molecule has 0 unspecified atom stereocenters. The molecule has 38 heavy (non-hydrogen) atoms. The predicted molar refractivity (Wildman–Crippen MR) is 135 cm³/mol. The molecule has 2 heterocycles. The van der Waals surface area contributed by atoms with Gasteiger partial charge in [-0.3, -0.25) is 14.4 Å². The van der Waals surface area contributed by atoms with Gasteiger partial charge in [-0.05, 0) is 42.6 Å². The average Bonchev–Trinajstić information content (AvgIpc) is 3.30. The molecule has 208 valence electrons. The molecule has 11 atom stereocenters. The number of hydrogen-bond donors (Lipinski definition) is 1. The molecule has 5 fully saturated rings. The summed E-state index contributed by atoms with van der Waals surface area (Å²) in [6.07, 6.45) is 3.28. The van der Waals surface area contributed by atoms with Crippen LogP contribution >= 0.6 is 0 Å². The monoisotopic (exact) mass is 528 g/mol. The van der Waals surface area contributed by atoms with E-state index in [0.717, 1.165) is 18.4 Å². The Morgan fingerprint density at radius 2 is 1.66 bits per heavy atom. The summed E-state index contributed by atoms with van der Waals surface area (Å²) >= 11 is 0. The maximum absolute atomic E-state index is 13.9. The van der Waals surface area contributed by atoms with Gasteiger partial charge in [0.1, 0.15) is 23.9 Å². The maximum Gasteiger partial charge on any atom is 0.302 e. The number of esters is 2. The first kappa shape index (κ1) is 26.1. The summed E-state index contributed by atoms with van der Waals surface area (Å²) < 4.78 is 24.1. The number of aliphatic hydroxyl groups is 1. The molecule has 1 N–H and O–H groups in total. The molecule has 1 spiro atoms. The van der Waals surface area contributed by atoms with E-state index in [1.165, 1.54) is 13.8 Å². The van der Waals surface area contributed by atoms with Gasteiger partial charge in [0.25, 0.3) is 0 Å². The predicted octanol–water partition coefficient (Wildman–Crippen LogP) is 4.19. The Morgan fingerprint density at radius 3 is 2.26 bits per heavy atom. The minimum Gasteiger partial charge on any atom is -0.472 e. The highest BCUT2D eigenvalue weighted by atomic mass is 16.6. The molecule has 1 aromatic rings. The Hall–Kier alpha value is -2.19. The lowest BCUT2D eigenvalue weighted by Crippen LogP contribution is -2.74. The van der Waals surface area contributed by atoms with E-state index in [9.17, 15) is 19.5 Å². The van der Waals surface area contributed by atoms with Crippen LogP contribution in [0.25, 0.3) is 0 Å². The van der Waals surface area contributed by atoms with Gasteiger partial charge in [0.05, 0.1) is 24.5 Å². The summed E-state index contributed by atoms with van der Waals surface area (Å²) in [5, 5.41) is 11.3. The van der Waals surface area contributed by atoms with Crippen LogP contribution in [0.15, 0.2) is 23.0 Å². The highest BCUT2D eigenvalue weighted by Crippen LogP contribution is 2.82. The van der Waals surface area contributed by atoms with Crippen LogP contribution in [0, 0.1) is 33.5 Å². The lowest BCUT2D eigenvalue weighted by Gasteiger charge is -2.70. The molecule has 0 bridgehead atoms. The zero-order valence-corrected chi connectivity index (χ0v) is 23.4. The van der Waals surface area contributed by atoms with Crippen LogP contribution in [0.4, 0.5) is 0 Å². The fourth-order valence-corrected chi connectivity index (χ4v) is 10.5. The number of furan rings is 1. The largest absolute Gasteiger partial charge is 0.472 e. The van der Waals surface area contributed by atoms with Crippen molar-refractivity contribution in [2.24, 2.45) is 33.5 Å². The topological polar surface area (TPSA) is 116 Å². The summed E-state index contributed by atoms with van der Waals surface area (Å²) in [6, 6.07) is 1.87. The molecule has 5 aliphatic rings. The number of ketones is 1. The standard InChI is InChI=1S/C30H40O8/c1-15(31)36-21-13-20(33)26(3,4)19-12-22(37-16(2)32)29(7)18(28(19,21)6)8-10-27(5)23(17-9-11-35-14-17)24(34)25-30(27,29)38-25/h9,11,14,18-23,25,33H,8,10,12-13H2,1-7H3/t18-,19-,20-,21-,22+,23+,25+,27+,28+,29+,30+/m0/s1. The zero-order valence-electron chi connectivity index (χ0n) is 23.4. The van der Waals surface area contributed by atoms with E-state index in [1.54, 1.807) is 12.5 Å². The van der Waals surface area contributed by atoms with Gasteiger partial charge in [0.2, 0.25) is 0 Å². The van der Waals surface area contributed by atoms with Crippen molar-refractivity contribution < 1.29 is 38.1 Å². The van der Waals surface area contributed by atoms with Gasteiger partial charge in [-0.25, -0.2) is 0 Å². The van der Waals surface area contributed by atoms with Crippen LogP contribution in [-0.4, -0.2) is 52.8 Å². The molecule has 1 aliphatic heterocycles. The van der Waals surface area contributed by atoms with Crippen molar-refractivity contribution in [3.8, 4) is 0 Å². The van der Waals surface area contributed by atoms with Crippen molar-refractivity contribution in [2.75, 3.05) is 0 Å². The lowest BCUT2D eigenvalue weighted by atomic mass is 9.35. The molecule has 6 rings (SSSR count). The summed E-state index contributed by atoms with van der Waals surface area (Å²) in [5.74, 6) is -1.23. The molecule has 1 saturated heterocycles. The number of epoxide rings is 1. The van der Waals surface area contributed by atoms with E-state index >= 15 is 0 Å². The number of carbonyl (C=O) groups is 3. The zero-order chi connectivity index (χ0) is 27.6. The molecular weight excluding hydrogens is 488 g/mol. The SMILES string of the molecule is CC(=O)O[C@H]1C[C@H](O)C(C)(C)[C@@H]2C[C@@H](OC(C)=O)[C@@]3(C)[C@@H](CC[C@]4(C)[C@H](c5ccoc5)C(=O)[C@H]5O[C@@]534)[C@@]12C. The summed E-state index contributed by atoms with van der Waals surface area (Å²) in [5.41, 5.74) is -2.23. The number of Topliss-reactive ketones (excluding diaryl/α,β-unsaturated/α-hetero) is 1. The second kappa shape index (κ2) is 7.72. The van der Waals surface area contributed by atoms with Crippen molar-refractivity contribution in [1.29, 1.82) is 0 Å². The Kier molecular flexibility index (Phi) is 5.29. The van der Waals surface area contributed by atoms with Gasteiger partial charge < -0.3 is 23.7 Å². The maximum atomic E-state index is 13.9. The van der Waals surface area contributed by atoms with E-state index in [2.05, 4.69) is 34.6 Å². The van der Waals surface area contributed by atoms with Gasteiger partial charge in [-0.2, -0.15) is 0 Å². The van der Waals surface area contributed by atoms with E-state index in [-0.39, 0.29) is 35.5 Å². The first-order chi connectivity index (χ1) is 17.7. The molecular formula is C30H40O8. The number of ether oxygens (including phenoxy) is 3. The molecule has 0 amide bonds. The van der Waals surface area contributed by atoms with Crippen LogP contribution in [0.5, 0.6) is 0 Å². The quantitative estimate of drug-likeness (QED) is 0.459. The number of aliphatic hydroxyl groups excluding tert-OH is 1. The fourth-order valence-electron chi connectivity index (χ4n) is 10.5. The molecule has 4 saturated carbocycles. The van der Waals surface area contributed by atoms with E-state index in [4.69, 9.17) is 18.6 Å². The van der Waals surface area contributed by atoms with E-state index in [1.807, 2.05) is 6.07 Å². The third-order valence-electron chi connectivity index (χ3n) is 12.1. The Balaban J connectivity index is 1.54. The molecule has 8 nitrogen and oxygen atoms in total. The van der Waals surface area contributed by atoms with Crippen LogP contribution in [-0.2, 0) is 28.6 Å². The molecule has 4 aliphatic carbocycles. The number of carbonyl (C=O) groups excluding carboxylic acids is 3. The van der Waals surface area contributed by atoms with Crippen molar-refractivity contribution >= 4 is 17.7 Å². The van der Waals surface area contributed by atoms with Gasteiger partial charge in [0.15, 0.2) is 5.78 Å². The summed E-state index contributed by atoms with van der Waals surface area (Å²) in [4.78, 5) is 38.8. The van der Waals surface area contributed by atoms with Crippen molar-refractivity contribution in [2.45, 2.75) is 110 Å².